The van der Waals surface area contributed by atoms with E-state index >= 15 is 0 Å². The van der Waals surface area contributed by atoms with Crippen molar-refractivity contribution in [2.24, 2.45) is 0 Å². The number of nitrogens with zero attached hydrogens (tertiary/aromatic N) is 3. The Morgan fingerprint density at radius 3 is 2.70 bits per heavy atom. The van der Waals surface area contributed by atoms with Gasteiger partial charge in [0.1, 0.15) is 0 Å². The first-order valence-electron chi connectivity index (χ1n) is 7.38. The van der Waals surface area contributed by atoms with Crippen LogP contribution in [0.3, 0.4) is 0 Å². The van der Waals surface area contributed by atoms with Gasteiger partial charge in [0, 0.05) is 31.7 Å². The van der Waals surface area contributed by atoms with Gasteiger partial charge in [-0.1, -0.05) is 13.8 Å². The number of aromatic nitrogens is 3. The largest absolute Gasteiger partial charge is 0.307 e. The third kappa shape index (κ3) is 3.67. The Labute approximate surface area is 121 Å². The molecule has 0 radical (unpaired) electrons. The van der Waals surface area contributed by atoms with Crippen LogP contribution < -0.4 is 5.32 Å². The van der Waals surface area contributed by atoms with E-state index in [0.717, 1.165) is 31.6 Å². The second kappa shape index (κ2) is 7.20. The first kappa shape index (κ1) is 14.7. The molecular weight excluding hydrogens is 248 g/mol. The summed E-state index contributed by atoms with van der Waals surface area (Å²) in [5, 5.41) is 8.08. The highest BCUT2D eigenvalue weighted by atomic mass is 15.3. The number of pyridine rings is 1. The Balaban J connectivity index is 1.87. The van der Waals surface area contributed by atoms with Gasteiger partial charge in [-0.05, 0) is 43.0 Å². The Morgan fingerprint density at radius 2 is 2.00 bits per heavy atom. The molecule has 20 heavy (non-hydrogen) atoms. The first-order chi connectivity index (χ1) is 9.74. The summed E-state index contributed by atoms with van der Waals surface area (Å²) in [6, 6.07) is 4.66. The van der Waals surface area contributed by atoms with E-state index < -0.39 is 0 Å². The van der Waals surface area contributed by atoms with Crippen molar-refractivity contribution in [1.29, 1.82) is 0 Å². The summed E-state index contributed by atoms with van der Waals surface area (Å²) in [5.41, 5.74) is 3.61. The molecule has 0 unspecified atom stereocenters. The highest BCUT2D eigenvalue weighted by molar-refractivity contribution is 5.21. The van der Waals surface area contributed by atoms with Crippen molar-refractivity contribution in [1.82, 2.24) is 20.1 Å². The van der Waals surface area contributed by atoms with E-state index in [4.69, 9.17) is 0 Å². The summed E-state index contributed by atoms with van der Waals surface area (Å²) < 4.78 is 2.09. The third-order valence-electron chi connectivity index (χ3n) is 3.75. The van der Waals surface area contributed by atoms with Gasteiger partial charge in [0.15, 0.2) is 0 Å². The number of hydrogen-bond acceptors (Lipinski definition) is 3. The van der Waals surface area contributed by atoms with Crippen molar-refractivity contribution >= 4 is 0 Å². The molecule has 0 saturated carbocycles. The van der Waals surface area contributed by atoms with Crippen molar-refractivity contribution in [3.8, 4) is 0 Å². The summed E-state index contributed by atoms with van der Waals surface area (Å²) >= 11 is 0. The zero-order chi connectivity index (χ0) is 14.4. The van der Waals surface area contributed by atoms with Crippen LogP contribution in [0.4, 0.5) is 0 Å². The molecule has 0 aliphatic rings. The fourth-order valence-corrected chi connectivity index (χ4v) is 2.34. The fraction of sp³-hybridized carbons (Fsp3) is 0.500. The predicted octanol–water partition coefficient (Wildman–Crippen LogP) is 3.24. The van der Waals surface area contributed by atoms with Crippen LogP contribution in [0.2, 0.25) is 0 Å². The van der Waals surface area contributed by atoms with Gasteiger partial charge in [0.2, 0.25) is 0 Å². The molecule has 0 aromatic carbocycles. The van der Waals surface area contributed by atoms with E-state index in [0.29, 0.717) is 6.04 Å². The summed E-state index contributed by atoms with van der Waals surface area (Å²) in [5.74, 6) is 0. The van der Waals surface area contributed by atoms with Crippen molar-refractivity contribution in [3.63, 3.8) is 0 Å². The van der Waals surface area contributed by atoms with Crippen LogP contribution in [-0.2, 0) is 13.1 Å². The molecule has 0 aliphatic carbocycles. The average Bonchev–Trinajstić information content (AvgIpc) is 2.91. The lowest BCUT2D eigenvalue weighted by Gasteiger charge is -2.12. The van der Waals surface area contributed by atoms with Crippen LogP contribution in [0.5, 0.6) is 0 Å². The lowest BCUT2D eigenvalue weighted by atomic mass is 10.1. The van der Waals surface area contributed by atoms with Gasteiger partial charge in [-0.25, -0.2) is 0 Å². The number of aryl methyl sites for hydroxylation is 1. The number of hydrogen-bond donors (Lipinski definition) is 1. The molecular formula is C16H24N4. The second-order valence-electron chi connectivity index (χ2n) is 5.16. The molecule has 0 amide bonds. The average molecular weight is 272 g/mol. The lowest BCUT2D eigenvalue weighted by molar-refractivity contribution is 0.424. The van der Waals surface area contributed by atoms with Gasteiger partial charge in [0.25, 0.3) is 0 Å². The van der Waals surface area contributed by atoms with Crippen molar-refractivity contribution in [3.05, 3.63) is 47.5 Å². The summed E-state index contributed by atoms with van der Waals surface area (Å²) in [4.78, 5) is 4.16. The van der Waals surface area contributed by atoms with Crippen LogP contribution in [0.25, 0.3) is 0 Å². The Kier molecular flexibility index (Phi) is 5.30. The zero-order valence-electron chi connectivity index (χ0n) is 12.6. The smallest absolute Gasteiger partial charge is 0.0762 e. The van der Waals surface area contributed by atoms with Crippen LogP contribution >= 0.6 is 0 Å². The lowest BCUT2D eigenvalue weighted by Crippen LogP contribution is -2.15. The van der Waals surface area contributed by atoms with E-state index in [1.807, 2.05) is 18.5 Å². The van der Waals surface area contributed by atoms with Gasteiger partial charge in [-0.15, -0.1) is 0 Å². The van der Waals surface area contributed by atoms with Crippen molar-refractivity contribution in [2.75, 3.05) is 0 Å². The maximum Gasteiger partial charge on any atom is 0.0762 e. The molecule has 4 heteroatoms. The maximum absolute atomic E-state index is 4.64. The first-order valence-corrected chi connectivity index (χ1v) is 7.38. The van der Waals surface area contributed by atoms with Crippen molar-refractivity contribution < 1.29 is 0 Å². The van der Waals surface area contributed by atoms with Crippen LogP contribution in [0.1, 0.15) is 49.6 Å². The van der Waals surface area contributed by atoms with E-state index in [1.165, 1.54) is 11.1 Å². The molecule has 0 spiro atoms. The third-order valence-corrected chi connectivity index (χ3v) is 3.75. The highest BCUT2D eigenvalue weighted by Gasteiger charge is 2.07. The second-order valence-corrected chi connectivity index (χ2v) is 5.16. The van der Waals surface area contributed by atoms with E-state index in [-0.39, 0.29) is 0 Å². The Morgan fingerprint density at radius 1 is 1.20 bits per heavy atom. The fourth-order valence-electron chi connectivity index (χ4n) is 2.34. The molecule has 2 heterocycles. The Bertz CT molecular complexity index is 529. The SMILES string of the molecule is CCC(CC)n1ccc(CNCc2cnccc2C)n1. The van der Waals surface area contributed by atoms with Crippen LogP contribution in [0.15, 0.2) is 30.7 Å². The molecule has 0 aliphatic heterocycles. The summed E-state index contributed by atoms with van der Waals surface area (Å²) in [7, 11) is 0. The van der Waals surface area contributed by atoms with Gasteiger partial charge < -0.3 is 5.32 Å². The van der Waals surface area contributed by atoms with E-state index in [9.17, 15) is 0 Å². The van der Waals surface area contributed by atoms with Crippen LogP contribution in [-0.4, -0.2) is 14.8 Å². The molecule has 2 rings (SSSR count). The molecule has 108 valence electrons. The monoisotopic (exact) mass is 272 g/mol. The predicted molar refractivity (Wildman–Crippen MR) is 81.4 cm³/mol. The highest BCUT2D eigenvalue weighted by Crippen LogP contribution is 2.14. The molecule has 0 fully saturated rings. The normalized spacial score (nSPS) is 11.2. The summed E-state index contributed by atoms with van der Waals surface area (Å²) in [6.45, 7) is 8.15. The minimum Gasteiger partial charge on any atom is -0.307 e. The quantitative estimate of drug-likeness (QED) is 0.841. The van der Waals surface area contributed by atoms with Gasteiger partial charge in [0.05, 0.1) is 11.7 Å². The Hall–Kier alpha value is -1.68. The molecule has 4 nitrogen and oxygen atoms in total. The maximum atomic E-state index is 4.64. The molecule has 0 saturated heterocycles. The minimum absolute atomic E-state index is 0.518. The van der Waals surface area contributed by atoms with Gasteiger partial charge in [-0.2, -0.15) is 5.10 Å². The molecule has 0 bridgehead atoms. The van der Waals surface area contributed by atoms with Crippen LogP contribution in [0, 0.1) is 6.92 Å². The van der Waals surface area contributed by atoms with E-state index in [1.54, 1.807) is 0 Å². The van der Waals surface area contributed by atoms with Crippen molar-refractivity contribution in [2.45, 2.75) is 52.7 Å². The molecule has 0 atom stereocenters. The number of nitrogens with one attached hydrogen (secondary N) is 1. The zero-order valence-corrected chi connectivity index (χ0v) is 12.6. The number of rotatable bonds is 7. The molecule has 2 aromatic rings. The van der Waals surface area contributed by atoms with Gasteiger partial charge >= 0.3 is 0 Å². The van der Waals surface area contributed by atoms with E-state index in [2.05, 4.69) is 53.1 Å². The standard InChI is InChI=1S/C16H24N4/c1-4-16(5-2)20-9-7-15(19-20)12-18-11-14-10-17-8-6-13(14)3/h6-10,16,18H,4-5,11-12H2,1-3H3. The molecule has 1 N–H and O–H groups in total. The van der Waals surface area contributed by atoms with Gasteiger partial charge in [-0.3, -0.25) is 9.67 Å². The molecule has 2 aromatic heterocycles. The summed E-state index contributed by atoms with van der Waals surface area (Å²) in [6.07, 6.45) is 8.09. The topological polar surface area (TPSA) is 42.7 Å². The minimum atomic E-state index is 0.518.